The van der Waals surface area contributed by atoms with Crippen molar-refractivity contribution in [2.75, 3.05) is 12.9 Å². The zero-order chi connectivity index (χ0) is 19.8. The van der Waals surface area contributed by atoms with Gasteiger partial charge in [-0.05, 0) is 30.7 Å². The van der Waals surface area contributed by atoms with Crippen LogP contribution in [0.1, 0.15) is 5.56 Å². The maximum Gasteiger partial charge on any atom is 0.283 e. The van der Waals surface area contributed by atoms with Gasteiger partial charge in [0.2, 0.25) is 5.91 Å². The average Bonchev–Trinajstić information content (AvgIpc) is 3.05. The molecule has 2 aromatic carbocycles. The molecule has 0 radical (unpaired) electrons. The summed E-state index contributed by atoms with van der Waals surface area (Å²) in [6, 6.07) is 13.1. The maximum atomic E-state index is 13.5. The lowest BCUT2D eigenvalue weighted by Crippen LogP contribution is -2.23. The molecule has 0 saturated carbocycles. The number of amides is 1. The minimum atomic E-state index is -0.485. The first-order chi connectivity index (χ1) is 13.5. The fourth-order valence-electron chi connectivity index (χ4n) is 3.16. The van der Waals surface area contributed by atoms with Gasteiger partial charge in [-0.25, -0.2) is 9.55 Å². The van der Waals surface area contributed by atoms with E-state index in [1.54, 1.807) is 13.2 Å². The molecule has 2 heterocycles. The Kier molecular flexibility index (Phi) is 4.56. The lowest BCUT2D eigenvalue weighted by molar-refractivity contribution is -0.115. The fraction of sp³-hybridized carbons (Fsp3) is 0.150. The van der Waals surface area contributed by atoms with E-state index in [9.17, 15) is 9.59 Å². The second-order valence-electron chi connectivity index (χ2n) is 6.36. The molecule has 142 valence electrons. The molecule has 0 atom stereocenters. The van der Waals surface area contributed by atoms with Crippen molar-refractivity contribution in [1.82, 2.24) is 14.5 Å². The molecule has 28 heavy (non-hydrogen) atoms. The van der Waals surface area contributed by atoms with Crippen LogP contribution in [0.5, 0.6) is 5.75 Å². The molecular weight excluding hydrogens is 376 g/mol. The van der Waals surface area contributed by atoms with Crippen LogP contribution in [-0.2, 0) is 4.79 Å². The Hall–Kier alpha value is -3.26. The number of carbonyl (C=O) groups excluding carboxylic acids is 1. The molecule has 8 heteroatoms. The second kappa shape index (κ2) is 7.05. The number of thioether (sulfide) groups is 1. The van der Waals surface area contributed by atoms with Crippen molar-refractivity contribution in [2.45, 2.75) is 12.1 Å². The van der Waals surface area contributed by atoms with E-state index in [0.717, 1.165) is 28.2 Å². The molecule has 2 aromatic heterocycles. The minimum absolute atomic E-state index is 0.00837. The van der Waals surface area contributed by atoms with Crippen molar-refractivity contribution in [3.05, 3.63) is 58.4 Å². The van der Waals surface area contributed by atoms with Gasteiger partial charge in [0.1, 0.15) is 16.8 Å². The molecule has 0 aliphatic carbocycles. The topological polar surface area (TPSA) is 103 Å². The highest BCUT2D eigenvalue weighted by molar-refractivity contribution is 7.99. The molecule has 0 saturated heterocycles. The number of rotatable bonds is 5. The number of para-hydroxylation sites is 1. The van der Waals surface area contributed by atoms with Crippen LogP contribution in [0.2, 0.25) is 0 Å². The van der Waals surface area contributed by atoms with E-state index in [1.807, 2.05) is 43.3 Å². The van der Waals surface area contributed by atoms with E-state index in [0.29, 0.717) is 27.6 Å². The number of nitrogens with zero attached hydrogens (tertiary/aromatic N) is 2. The molecule has 0 spiro atoms. The lowest BCUT2D eigenvalue weighted by Gasteiger charge is -2.15. The number of benzene rings is 2. The average molecular weight is 394 g/mol. The maximum absolute atomic E-state index is 13.5. The van der Waals surface area contributed by atoms with E-state index < -0.39 is 5.91 Å². The SMILES string of the molecule is COc1ccc(C)cc1-n1c(SCC(N)=O)nc2c([nH]c3ccccc32)c1=O. The fourth-order valence-corrected chi connectivity index (χ4v) is 3.90. The Balaban J connectivity index is 2.08. The van der Waals surface area contributed by atoms with Crippen molar-refractivity contribution in [1.29, 1.82) is 0 Å². The van der Waals surface area contributed by atoms with E-state index in [1.165, 1.54) is 4.57 Å². The van der Waals surface area contributed by atoms with Gasteiger partial charge < -0.3 is 15.5 Å². The van der Waals surface area contributed by atoms with E-state index in [-0.39, 0.29) is 11.3 Å². The van der Waals surface area contributed by atoms with Crippen molar-refractivity contribution in [2.24, 2.45) is 5.73 Å². The van der Waals surface area contributed by atoms with E-state index in [2.05, 4.69) is 4.98 Å². The Morgan fingerprint density at radius 3 is 2.82 bits per heavy atom. The summed E-state index contributed by atoms with van der Waals surface area (Å²) < 4.78 is 6.93. The number of H-pyrrole nitrogens is 1. The molecule has 1 amide bonds. The van der Waals surface area contributed by atoms with Crippen LogP contribution in [0.25, 0.3) is 27.6 Å². The number of aromatic nitrogens is 3. The molecule has 0 aliphatic rings. The summed E-state index contributed by atoms with van der Waals surface area (Å²) in [6.45, 7) is 1.93. The van der Waals surface area contributed by atoms with Crippen LogP contribution in [0, 0.1) is 6.92 Å². The third-order valence-corrected chi connectivity index (χ3v) is 5.37. The molecular formula is C20H18N4O3S. The number of nitrogens with one attached hydrogen (secondary N) is 1. The Morgan fingerprint density at radius 1 is 1.29 bits per heavy atom. The third kappa shape index (κ3) is 3.01. The van der Waals surface area contributed by atoms with Gasteiger partial charge in [-0.2, -0.15) is 0 Å². The number of hydrogen-bond acceptors (Lipinski definition) is 5. The van der Waals surface area contributed by atoms with Crippen molar-refractivity contribution in [3.8, 4) is 11.4 Å². The monoisotopic (exact) mass is 394 g/mol. The largest absolute Gasteiger partial charge is 0.495 e. The Bertz CT molecular complexity index is 1280. The minimum Gasteiger partial charge on any atom is -0.495 e. The van der Waals surface area contributed by atoms with Gasteiger partial charge in [-0.1, -0.05) is 36.0 Å². The number of ether oxygens (including phenoxy) is 1. The smallest absolute Gasteiger partial charge is 0.283 e. The Morgan fingerprint density at radius 2 is 2.07 bits per heavy atom. The first-order valence-corrected chi connectivity index (χ1v) is 9.57. The first kappa shape index (κ1) is 18.1. The van der Waals surface area contributed by atoms with Gasteiger partial charge in [0.15, 0.2) is 5.16 Å². The second-order valence-corrected chi connectivity index (χ2v) is 7.30. The summed E-state index contributed by atoms with van der Waals surface area (Å²) in [5.74, 6) is 0.0564. The standard InChI is InChI=1S/C20H18N4O3S/c1-11-7-8-15(27-2)14(9-11)24-19(26)18-17(23-20(24)28-10-16(21)25)12-5-3-4-6-13(12)22-18/h3-9,22H,10H2,1-2H3,(H2,21,25). The highest BCUT2D eigenvalue weighted by Crippen LogP contribution is 2.30. The van der Waals surface area contributed by atoms with Gasteiger partial charge in [0.25, 0.3) is 5.56 Å². The van der Waals surface area contributed by atoms with Crippen molar-refractivity contribution < 1.29 is 9.53 Å². The predicted molar refractivity (Wildman–Crippen MR) is 110 cm³/mol. The molecule has 0 unspecified atom stereocenters. The summed E-state index contributed by atoms with van der Waals surface area (Å²) in [6.07, 6.45) is 0. The van der Waals surface area contributed by atoms with Crippen molar-refractivity contribution >= 4 is 39.6 Å². The van der Waals surface area contributed by atoms with Crippen molar-refractivity contribution in [3.63, 3.8) is 0 Å². The summed E-state index contributed by atoms with van der Waals surface area (Å²) in [4.78, 5) is 32.7. The van der Waals surface area contributed by atoms with Crippen LogP contribution < -0.4 is 16.0 Å². The van der Waals surface area contributed by atoms with Crippen LogP contribution in [-0.4, -0.2) is 33.3 Å². The summed E-state index contributed by atoms with van der Waals surface area (Å²) in [7, 11) is 1.55. The zero-order valence-electron chi connectivity index (χ0n) is 15.4. The van der Waals surface area contributed by atoms with Gasteiger partial charge in [0, 0.05) is 10.9 Å². The molecule has 0 fully saturated rings. The highest BCUT2D eigenvalue weighted by atomic mass is 32.2. The van der Waals surface area contributed by atoms with E-state index >= 15 is 0 Å². The van der Waals surface area contributed by atoms with E-state index in [4.69, 9.17) is 15.5 Å². The van der Waals surface area contributed by atoms with Gasteiger partial charge in [0.05, 0.1) is 18.6 Å². The lowest BCUT2D eigenvalue weighted by atomic mass is 10.2. The molecule has 0 aliphatic heterocycles. The number of methoxy groups -OCH3 is 1. The third-order valence-electron chi connectivity index (χ3n) is 4.41. The van der Waals surface area contributed by atoms with Crippen LogP contribution >= 0.6 is 11.8 Å². The number of carbonyl (C=O) groups is 1. The normalized spacial score (nSPS) is 11.2. The van der Waals surface area contributed by atoms with Crippen LogP contribution in [0.15, 0.2) is 52.4 Å². The molecule has 4 rings (SSSR count). The van der Waals surface area contributed by atoms with Gasteiger partial charge >= 0.3 is 0 Å². The number of hydrogen-bond donors (Lipinski definition) is 2. The van der Waals surface area contributed by atoms with Gasteiger partial charge in [-0.3, -0.25) is 9.59 Å². The number of aromatic amines is 1. The van der Waals surface area contributed by atoms with Gasteiger partial charge in [-0.15, -0.1) is 0 Å². The predicted octanol–water partition coefficient (Wildman–Crippen LogP) is 2.76. The summed E-state index contributed by atoms with van der Waals surface area (Å²) >= 11 is 1.12. The van der Waals surface area contributed by atoms with Crippen LogP contribution in [0.4, 0.5) is 0 Å². The quantitative estimate of drug-likeness (QED) is 0.400. The summed E-state index contributed by atoms with van der Waals surface area (Å²) in [5.41, 5.74) is 8.37. The first-order valence-electron chi connectivity index (χ1n) is 8.59. The number of aryl methyl sites for hydroxylation is 1. The molecule has 7 nitrogen and oxygen atoms in total. The summed E-state index contributed by atoms with van der Waals surface area (Å²) in [5, 5.41) is 1.23. The Labute approximate surface area is 164 Å². The number of fused-ring (bicyclic) bond motifs is 3. The molecule has 0 bridgehead atoms. The molecule has 3 N–H and O–H groups in total. The number of nitrogens with two attached hydrogens (primary N) is 1. The zero-order valence-corrected chi connectivity index (χ0v) is 16.2. The highest BCUT2D eigenvalue weighted by Gasteiger charge is 2.20. The number of primary amides is 1. The van der Waals surface area contributed by atoms with Crippen LogP contribution in [0.3, 0.4) is 0 Å². The molecule has 4 aromatic rings.